The number of amides is 1. The van der Waals surface area contributed by atoms with E-state index in [0.717, 1.165) is 29.9 Å². The summed E-state index contributed by atoms with van der Waals surface area (Å²) in [6.45, 7) is 9.92. The molecule has 1 aliphatic rings. The minimum absolute atomic E-state index is 0.144. The molecule has 27 heavy (non-hydrogen) atoms. The molecule has 0 aromatic carbocycles. The van der Waals surface area contributed by atoms with Gasteiger partial charge in [-0.25, -0.2) is 4.79 Å². The van der Waals surface area contributed by atoms with Crippen molar-refractivity contribution in [3.05, 3.63) is 34.4 Å². The molecule has 0 radical (unpaired) electrons. The van der Waals surface area contributed by atoms with Crippen LogP contribution < -0.4 is 0 Å². The Balaban J connectivity index is 1.88. The van der Waals surface area contributed by atoms with Gasteiger partial charge >= 0.3 is 5.97 Å². The van der Waals surface area contributed by atoms with E-state index in [2.05, 4.69) is 29.1 Å². The Kier molecular flexibility index (Phi) is 5.62. The molecule has 0 spiro atoms. The first-order valence-electron chi connectivity index (χ1n) is 9.47. The molecule has 1 amide bonds. The predicted molar refractivity (Wildman–Crippen MR) is 99.4 cm³/mol. The van der Waals surface area contributed by atoms with Gasteiger partial charge in [0.25, 0.3) is 5.91 Å². The third kappa shape index (κ3) is 4.04. The van der Waals surface area contributed by atoms with Crippen molar-refractivity contribution < 1.29 is 14.3 Å². The van der Waals surface area contributed by atoms with Gasteiger partial charge in [-0.3, -0.25) is 14.6 Å². The summed E-state index contributed by atoms with van der Waals surface area (Å²) in [6.07, 6.45) is 1.64. The number of aryl methyl sites for hydroxylation is 2. The molecular formula is C19H27N5O3. The summed E-state index contributed by atoms with van der Waals surface area (Å²) >= 11 is 0. The van der Waals surface area contributed by atoms with Gasteiger partial charge in [0.05, 0.1) is 13.2 Å². The molecule has 1 N–H and O–H groups in total. The largest absolute Gasteiger partial charge is 0.461 e. The number of hydrogen-bond donors (Lipinski definition) is 1. The van der Waals surface area contributed by atoms with Crippen LogP contribution >= 0.6 is 0 Å². The second-order valence-corrected chi connectivity index (χ2v) is 7.31. The van der Waals surface area contributed by atoms with E-state index in [-0.39, 0.29) is 5.91 Å². The average Bonchev–Trinajstić information content (AvgIpc) is 3.23. The Bertz CT molecular complexity index is 837. The Morgan fingerprint density at radius 1 is 1.37 bits per heavy atom. The van der Waals surface area contributed by atoms with Crippen molar-refractivity contribution >= 4 is 11.9 Å². The SMILES string of the molecule is CCOC(=O)c1nn(CCC(C)C)c2c1CN(C(=O)c1cc(C)[nH]n1)CC2. The first-order valence-corrected chi connectivity index (χ1v) is 9.47. The average molecular weight is 373 g/mol. The molecule has 0 atom stereocenters. The van der Waals surface area contributed by atoms with Gasteiger partial charge in [0.1, 0.15) is 5.69 Å². The van der Waals surface area contributed by atoms with Crippen LogP contribution in [0.2, 0.25) is 0 Å². The first kappa shape index (κ1) is 19.1. The number of aromatic nitrogens is 4. The van der Waals surface area contributed by atoms with Crippen molar-refractivity contribution in [3.63, 3.8) is 0 Å². The highest BCUT2D eigenvalue weighted by Crippen LogP contribution is 2.25. The van der Waals surface area contributed by atoms with E-state index in [0.29, 0.717) is 43.4 Å². The van der Waals surface area contributed by atoms with Crippen LogP contribution in [-0.2, 0) is 24.2 Å². The summed E-state index contributed by atoms with van der Waals surface area (Å²) in [5.41, 5.74) is 3.38. The van der Waals surface area contributed by atoms with E-state index in [1.807, 2.05) is 11.6 Å². The number of H-pyrrole nitrogens is 1. The molecule has 0 saturated heterocycles. The second kappa shape index (κ2) is 7.94. The van der Waals surface area contributed by atoms with Gasteiger partial charge in [0.2, 0.25) is 0 Å². The molecule has 0 unspecified atom stereocenters. The molecule has 0 saturated carbocycles. The van der Waals surface area contributed by atoms with Crippen LogP contribution in [0.4, 0.5) is 0 Å². The number of ether oxygens (including phenoxy) is 1. The number of esters is 1. The minimum Gasteiger partial charge on any atom is -0.461 e. The van der Waals surface area contributed by atoms with Gasteiger partial charge in [-0.2, -0.15) is 10.2 Å². The van der Waals surface area contributed by atoms with E-state index in [9.17, 15) is 9.59 Å². The predicted octanol–water partition coefficient (Wildman–Crippen LogP) is 2.34. The fourth-order valence-electron chi connectivity index (χ4n) is 3.28. The lowest BCUT2D eigenvalue weighted by Crippen LogP contribution is -2.37. The number of aromatic amines is 1. The summed E-state index contributed by atoms with van der Waals surface area (Å²) in [7, 11) is 0. The van der Waals surface area contributed by atoms with Crippen molar-refractivity contribution in [2.75, 3.05) is 13.2 Å². The monoisotopic (exact) mass is 373 g/mol. The van der Waals surface area contributed by atoms with Gasteiger partial charge in [-0.05, 0) is 32.3 Å². The first-order chi connectivity index (χ1) is 12.9. The molecule has 0 bridgehead atoms. The van der Waals surface area contributed by atoms with Crippen LogP contribution in [0.5, 0.6) is 0 Å². The molecule has 8 heteroatoms. The quantitative estimate of drug-likeness (QED) is 0.785. The van der Waals surface area contributed by atoms with Crippen molar-refractivity contribution in [1.82, 2.24) is 24.9 Å². The molecule has 0 fully saturated rings. The third-order valence-corrected chi connectivity index (χ3v) is 4.73. The van der Waals surface area contributed by atoms with E-state index in [4.69, 9.17) is 4.74 Å². The molecule has 146 valence electrons. The Morgan fingerprint density at radius 3 is 2.78 bits per heavy atom. The number of fused-ring (bicyclic) bond motifs is 1. The van der Waals surface area contributed by atoms with Crippen molar-refractivity contribution in [1.29, 1.82) is 0 Å². The lowest BCUT2D eigenvalue weighted by molar-refractivity contribution is 0.0513. The normalized spacial score (nSPS) is 13.7. The minimum atomic E-state index is -0.429. The van der Waals surface area contributed by atoms with Crippen LogP contribution in [0.1, 0.15) is 65.1 Å². The maximum atomic E-state index is 12.8. The topological polar surface area (TPSA) is 93.1 Å². The van der Waals surface area contributed by atoms with Crippen molar-refractivity contribution in [2.24, 2.45) is 5.92 Å². The summed E-state index contributed by atoms with van der Waals surface area (Å²) in [6, 6.07) is 1.73. The summed E-state index contributed by atoms with van der Waals surface area (Å²) in [5, 5.41) is 11.4. The van der Waals surface area contributed by atoms with Gasteiger partial charge < -0.3 is 9.64 Å². The summed E-state index contributed by atoms with van der Waals surface area (Å²) in [5.74, 6) is -0.0304. The standard InChI is InChI=1S/C19H27N5O3/c1-5-27-19(26)17-14-11-23(18(25)15-10-13(4)20-21-15)8-7-16(14)24(22-17)9-6-12(2)3/h10,12H,5-9,11H2,1-4H3,(H,20,21). The van der Waals surface area contributed by atoms with Crippen molar-refractivity contribution in [2.45, 2.75) is 53.6 Å². The maximum Gasteiger partial charge on any atom is 0.359 e. The number of carbonyl (C=O) groups excluding carboxylic acids is 2. The smallest absolute Gasteiger partial charge is 0.359 e. The molecule has 3 heterocycles. The van der Waals surface area contributed by atoms with Crippen molar-refractivity contribution in [3.8, 4) is 0 Å². The number of rotatable bonds is 6. The Labute approximate surface area is 158 Å². The van der Waals surface area contributed by atoms with Crippen LogP contribution in [0.15, 0.2) is 6.07 Å². The lowest BCUT2D eigenvalue weighted by Gasteiger charge is -2.27. The van der Waals surface area contributed by atoms with Gasteiger partial charge in [-0.15, -0.1) is 0 Å². The summed E-state index contributed by atoms with van der Waals surface area (Å²) < 4.78 is 7.10. The number of hydrogen-bond acceptors (Lipinski definition) is 5. The van der Waals surface area contributed by atoms with E-state index >= 15 is 0 Å². The zero-order valence-corrected chi connectivity index (χ0v) is 16.4. The van der Waals surface area contributed by atoms with E-state index < -0.39 is 5.97 Å². The summed E-state index contributed by atoms with van der Waals surface area (Å²) in [4.78, 5) is 26.9. The molecule has 3 rings (SSSR count). The molecule has 0 aliphatic carbocycles. The van der Waals surface area contributed by atoms with Crippen LogP contribution in [0.25, 0.3) is 0 Å². The zero-order valence-electron chi connectivity index (χ0n) is 16.4. The highest BCUT2D eigenvalue weighted by atomic mass is 16.5. The molecule has 2 aromatic rings. The van der Waals surface area contributed by atoms with E-state index in [1.54, 1.807) is 17.9 Å². The highest BCUT2D eigenvalue weighted by molar-refractivity contribution is 5.93. The Hall–Kier alpha value is -2.64. The second-order valence-electron chi connectivity index (χ2n) is 7.31. The molecule has 8 nitrogen and oxygen atoms in total. The highest BCUT2D eigenvalue weighted by Gasteiger charge is 2.31. The lowest BCUT2D eigenvalue weighted by atomic mass is 10.0. The van der Waals surface area contributed by atoms with Crippen LogP contribution in [-0.4, -0.2) is 49.9 Å². The van der Waals surface area contributed by atoms with Gasteiger partial charge in [0.15, 0.2) is 5.69 Å². The molecular weight excluding hydrogens is 346 g/mol. The third-order valence-electron chi connectivity index (χ3n) is 4.73. The van der Waals surface area contributed by atoms with Gasteiger partial charge in [0, 0.05) is 36.5 Å². The zero-order chi connectivity index (χ0) is 19.6. The fraction of sp³-hybridized carbons (Fsp3) is 0.579. The van der Waals surface area contributed by atoms with Gasteiger partial charge in [-0.1, -0.05) is 13.8 Å². The Morgan fingerprint density at radius 2 is 2.15 bits per heavy atom. The molecule has 1 aliphatic heterocycles. The fourth-order valence-corrected chi connectivity index (χ4v) is 3.28. The van der Waals surface area contributed by atoms with E-state index in [1.165, 1.54) is 0 Å². The maximum absolute atomic E-state index is 12.8. The molecule has 2 aromatic heterocycles. The number of nitrogens with one attached hydrogen (secondary N) is 1. The van der Waals surface area contributed by atoms with Crippen LogP contribution in [0, 0.1) is 12.8 Å². The number of nitrogens with zero attached hydrogens (tertiary/aromatic N) is 4. The van der Waals surface area contributed by atoms with Crippen LogP contribution in [0.3, 0.4) is 0 Å². The number of carbonyl (C=O) groups is 2.